The number of benzene rings is 3. The van der Waals surface area contributed by atoms with Crippen LogP contribution in [0.4, 0.5) is 15.8 Å². The standard InChI is InChI=1S/C26H23FN2O5/c1-32-23-10-7-17(13-24(23)33-2)8-12-25(30)28-19-9-11-22-21(14-19)29(26(31)16-34-22)15-18-5-3-4-6-20(18)27/h3-14H,15-16H2,1-2H3,(H,28,30)/b12-8+. The molecule has 0 aromatic heterocycles. The fraction of sp³-hybridized carbons (Fsp3) is 0.154. The van der Waals surface area contributed by atoms with E-state index in [0.29, 0.717) is 34.2 Å². The van der Waals surface area contributed by atoms with Crippen molar-refractivity contribution < 1.29 is 28.2 Å². The molecule has 0 saturated heterocycles. The van der Waals surface area contributed by atoms with Crippen molar-refractivity contribution in [2.75, 3.05) is 31.0 Å². The van der Waals surface area contributed by atoms with Gasteiger partial charge in [0.15, 0.2) is 18.1 Å². The molecule has 174 valence electrons. The van der Waals surface area contributed by atoms with E-state index >= 15 is 0 Å². The third-order valence-electron chi connectivity index (χ3n) is 5.29. The van der Waals surface area contributed by atoms with Gasteiger partial charge in [0.05, 0.1) is 26.5 Å². The zero-order valence-electron chi connectivity index (χ0n) is 18.7. The SMILES string of the molecule is COc1ccc(/C=C/C(=O)Nc2ccc3c(c2)N(Cc2ccccc2F)C(=O)CO3)cc1OC. The maximum atomic E-state index is 14.2. The van der Waals surface area contributed by atoms with Crippen LogP contribution >= 0.6 is 0 Å². The first-order valence-corrected chi connectivity index (χ1v) is 10.5. The molecule has 1 aliphatic heterocycles. The summed E-state index contributed by atoms with van der Waals surface area (Å²) in [7, 11) is 3.09. The van der Waals surface area contributed by atoms with Crippen molar-refractivity contribution in [3.8, 4) is 17.2 Å². The number of halogens is 1. The number of carbonyl (C=O) groups excluding carboxylic acids is 2. The van der Waals surface area contributed by atoms with E-state index in [2.05, 4.69) is 5.32 Å². The molecule has 1 heterocycles. The van der Waals surface area contributed by atoms with E-state index in [4.69, 9.17) is 14.2 Å². The summed E-state index contributed by atoms with van der Waals surface area (Å²) in [5, 5.41) is 2.77. The zero-order chi connectivity index (χ0) is 24.1. The van der Waals surface area contributed by atoms with Gasteiger partial charge in [-0.15, -0.1) is 0 Å². The average Bonchev–Trinajstić information content (AvgIpc) is 2.85. The summed E-state index contributed by atoms with van der Waals surface area (Å²) in [5.74, 6) is 0.572. The summed E-state index contributed by atoms with van der Waals surface area (Å²) >= 11 is 0. The first kappa shape index (κ1) is 22.8. The van der Waals surface area contributed by atoms with Crippen molar-refractivity contribution in [2.45, 2.75) is 6.54 Å². The molecule has 0 saturated carbocycles. The predicted molar refractivity (Wildman–Crippen MR) is 127 cm³/mol. The van der Waals surface area contributed by atoms with Gasteiger partial charge in [0.25, 0.3) is 5.91 Å². The van der Waals surface area contributed by atoms with Gasteiger partial charge in [-0.05, 0) is 48.0 Å². The molecule has 0 fully saturated rings. The Hall–Kier alpha value is -4.33. The second-order valence-corrected chi connectivity index (χ2v) is 7.48. The maximum absolute atomic E-state index is 14.2. The maximum Gasteiger partial charge on any atom is 0.265 e. The predicted octanol–water partition coefficient (Wildman–Crippen LogP) is 4.42. The van der Waals surface area contributed by atoms with Crippen LogP contribution < -0.4 is 24.4 Å². The lowest BCUT2D eigenvalue weighted by atomic mass is 10.1. The minimum absolute atomic E-state index is 0.0540. The quantitative estimate of drug-likeness (QED) is 0.526. The summed E-state index contributed by atoms with van der Waals surface area (Å²) in [6.45, 7) is -0.0836. The number of hydrogen-bond acceptors (Lipinski definition) is 5. The Kier molecular flexibility index (Phi) is 6.77. The Labute approximate surface area is 196 Å². The van der Waals surface area contributed by atoms with Gasteiger partial charge in [-0.3, -0.25) is 9.59 Å². The highest BCUT2D eigenvalue weighted by molar-refractivity contribution is 6.03. The molecule has 8 heteroatoms. The average molecular weight is 462 g/mol. The van der Waals surface area contributed by atoms with Crippen LogP contribution in [0.3, 0.4) is 0 Å². The number of anilines is 2. The molecule has 0 bridgehead atoms. The molecule has 3 aromatic rings. The molecule has 0 aliphatic carbocycles. The highest BCUT2D eigenvalue weighted by Crippen LogP contribution is 2.36. The Bertz CT molecular complexity index is 1260. The lowest BCUT2D eigenvalue weighted by molar-refractivity contribution is -0.121. The topological polar surface area (TPSA) is 77.1 Å². The Balaban J connectivity index is 1.51. The number of fused-ring (bicyclic) bond motifs is 1. The molecule has 2 amide bonds. The Morgan fingerprint density at radius 2 is 1.88 bits per heavy atom. The minimum Gasteiger partial charge on any atom is -0.493 e. The van der Waals surface area contributed by atoms with Gasteiger partial charge in [0, 0.05) is 17.3 Å². The molecule has 4 rings (SSSR count). The van der Waals surface area contributed by atoms with Crippen LogP contribution in [0.25, 0.3) is 6.08 Å². The molecule has 1 aliphatic rings. The third kappa shape index (κ3) is 5.01. The van der Waals surface area contributed by atoms with Crippen molar-refractivity contribution in [2.24, 2.45) is 0 Å². The van der Waals surface area contributed by atoms with E-state index in [1.54, 1.807) is 67.8 Å². The van der Waals surface area contributed by atoms with E-state index < -0.39 is 5.82 Å². The summed E-state index contributed by atoms with van der Waals surface area (Å²) in [4.78, 5) is 26.5. The van der Waals surface area contributed by atoms with Crippen LogP contribution in [-0.2, 0) is 16.1 Å². The minimum atomic E-state index is -0.395. The molecule has 0 atom stereocenters. The fourth-order valence-electron chi connectivity index (χ4n) is 3.56. The number of rotatable bonds is 7. The number of carbonyl (C=O) groups is 2. The Morgan fingerprint density at radius 1 is 1.09 bits per heavy atom. The summed E-state index contributed by atoms with van der Waals surface area (Å²) < 4.78 is 30.2. The lowest BCUT2D eigenvalue weighted by Gasteiger charge is -2.30. The lowest BCUT2D eigenvalue weighted by Crippen LogP contribution is -2.38. The van der Waals surface area contributed by atoms with Crippen LogP contribution in [0.5, 0.6) is 17.2 Å². The first-order valence-electron chi connectivity index (χ1n) is 10.5. The zero-order valence-corrected chi connectivity index (χ0v) is 18.7. The molecule has 3 aromatic carbocycles. The van der Waals surface area contributed by atoms with Crippen LogP contribution in [-0.4, -0.2) is 32.6 Å². The number of amides is 2. The summed E-state index contributed by atoms with van der Waals surface area (Å²) in [6.07, 6.45) is 3.03. The summed E-state index contributed by atoms with van der Waals surface area (Å²) in [5.41, 5.74) is 2.07. The van der Waals surface area contributed by atoms with Gasteiger partial charge in [-0.25, -0.2) is 4.39 Å². The van der Waals surface area contributed by atoms with Gasteiger partial charge < -0.3 is 24.4 Å². The van der Waals surface area contributed by atoms with E-state index in [-0.39, 0.29) is 25.0 Å². The van der Waals surface area contributed by atoms with E-state index in [9.17, 15) is 14.0 Å². The molecule has 1 N–H and O–H groups in total. The second kappa shape index (κ2) is 10.1. The number of nitrogens with one attached hydrogen (secondary N) is 1. The number of nitrogens with zero attached hydrogens (tertiary/aromatic N) is 1. The largest absolute Gasteiger partial charge is 0.493 e. The number of hydrogen-bond donors (Lipinski definition) is 1. The first-order chi connectivity index (χ1) is 16.5. The van der Waals surface area contributed by atoms with E-state index in [0.717, 1.165) is 5.56 Å². The Morgan fingerprint density at radius 3 is 2.65 bits per heavy atom. The van der Waals surface area contributed by atoms with Crippen molar-refractivity contribution in [3.05, 3.63) is 83.7 Å². The van der Waals surface area contributed by atoms with Gasteiger partial charge >= 0.3 is 0 Å². The fourth-order valence-corrected chi connectivity index (χ4v) is 3.56. The van der Waals surface area contributed by atoms with Crippen molar-refractivity contribution in [1.82, 2.24) is 0 Å². The molecule has 7 nitrogen and oxygen atoms in total. The normalized spacial score (nSPS) is 12.8. The van der Waals surface area contributed by atoms with Crippen molar-refractivity contribution in [1.29, 1.82) is 0 Å². The van der Waals surface area contributed by atoms with Gasteiger partial charge in [-0.2, -0.15) is 0 Å². The van der Waals surface area contributed by atoms with Crippen molar-refractivity contribution in [3.63, 3.8) is 0 Å². The molecule has 0 spiro atoms. The molecular weight excluding hydrogens is 439 g/mol. The number of ether oxygens (including phenoxy) is 3. The monoisotopic (exact) mass is 462 g/mol. The van der Waals surface area contributed by atoms with Gasteiger partial charge in [0.1, 0.15) is 11.6 Å². The highest BCUT2D eigenvalue weighted by atomic mass is 19.1. The van der Waals surface area contributed by atoms with Crippen LogP contribution in [0.1, 0.15) is 11.1 Å². The van der Waals surface area contributed by atoms with Gasteiger partial charge in [-0.1, -0.05) is 24.3 Å². The van der Waals surface area contributed by atoms with Crippen LogP contribution in [0.15, 0.2) is 66.7 Å². The molecule has 0 radical (unpaired) electrons. The summed E-state index contributed by atoms with van der Waals surface area (Å²) in [6, 6.07) is 16.6. The molecular formula is C26H23FN2O5. The van der Waals surface area contributed by atoms with Gasteiger partial charge in [0.2, 0.25) is 5.91 Å². The number of methoxy groups -OCH3 is 2. The van der Waals surface area contributed by atoms with Crippen molar-refractivity contribution >= 4 is 29.3 Å². The third-order valence-corrected chi connectivity index (χ3v) is 5.29. The second-order valence-electron chi connectivity index (χ2n) is 7.48. The molecule has 0 unspecified atom stereocenters. The van der Waals surface area contributed by atoms with Crippen LogP contribution in [0, 0.1) is 5.82 Å². The highest BCUT2D eigenvalue weighted by Gasteiger charge is 2.26. The molecule has 34 heavy (non-hydrogen) atoms. The van der Waals surface area contributed by atoms with Crippen LogP contribution in [0.2, 0.25) is 0 Å². The smallest absolute Gasteiger partial charge is 0.265 e. The van der Waals surface area contributed by atoms with E-state index in [1.807, 2.05) is 0 Å². The van der Waals surface area contributed by atoms with E-state index in [1.165, 1.54) is 24.2 Å².